The van der Waals surface area contributed by atoms with Gasteiger partial charge in [-0.25, -0.2) is 4.98 Å². The standard InChI is InChI=1S/C19H11N3/c20-12-14-6-1-3-8-16(14)18-10-5-11-19(22-18)17-9-4-2-7-15(17)13-21/h1-11H. The maximum absolute atomic E-state index is 9.23. The SMILES string of the molecule is N#Cc1ccccc1-c1cccc(-c2ccccc2C#N)n1. The maximum Gasteiger partial charge on any atom is 0.0998 e. The molecule has 0 saturated heterocycles. The fraction of sp³-hybridized carbons (Fsp3) is 0. The smallest absolute Gasteiger partial charge is 0.0998 e. The Kier molecular flexibility index (Phi) is 3.64. The molecule has 3 rings (SSSR count). The zero-order valence-electron chi connectivity index (χ0n) is 11.7. The topological polar surface area (TPSA) is 60.5 Å². The van der Waals surface area contributed by atoms with E-state index < -0.39 is 0 Å². The van der Waals surface area contributed by atoms with Gasteiger partial charge in [0.2, 0.25) is 0 Å². The molecule has 0 bridgehead atoms. The molecule has 0 radical (unpaired) electrons. The predicted octanol–water partition coefficient (Wildman–Crippen LogP) is 4.16. The van der Waals surface area contributed by atoms with Gasteiger partial charge in [-0.1, -0.05) is 42.5 Å². The minimum absolute atomic E-state index is 0.584. The molecular formula is C19H11N3. The number of benzene rings is 2. The van der Waals surface area contributed by atoms with Crippen LogP contribution >= 0.6 is 0 Å². The molecule has 0 spiro atoms. The van der Waals surface area contributed by atoms with Crippen LogP contribution in [0.2, 0.25) is 0 Å². The molecule has 0 saturated carbocycles. The lowest BCUT2D eigenvalue weighted by Crippen LogP contribution is -1.92. The second kappa shape index (κ2) is 5.91. The average molecular weight is 281 g/mol. The molecule has 0 amide bonds. The van der Waals surface area contributed by atoms with E-state index in [1.165, 1.54) is 0 Å². The molecule has 2 aromatic carbocycles. The van der Waals surface area contributed by atoms with E-state index in [0.717, 1.165) is 22.5 Å². The van der Waals surface area contributed by atoms with Crippen LogP contribution in [0, 0.1) is 22.7 Å². The number of pyridine rings is 1. The summed E-state index contributed by atoms with van der Waals surface area (Å²) in [7, 11) is 0. The van der Waals surface area contributed by atoms with Gasteiger partial charge in [0.1, 0.15) is 0 Å². The van der Waals surface area contributed by atoms with E-state index in [1.54, 1.807) is 12.1 Å². The van der Waals surface area contributed by atoms with E-state index in [9.17, 15) is 10.5 Å². The quantitative estimate of drug-likeness (QED) is 0.708. The average Bonchev–Trinajstić information content (AvgIpc) is 2.61. The van der Waals surface area contributed by atoms with Crippen molar-refractivity contribution >= 4 is 0 Å². The van der Waals surface area contributed by atoms with E-state index >= 15 is 0 Å². The Morgan fingerprint density at radius 3 is 1.50 bits per heavy atom. The van der Waals surface area contributed by atoms with E-state index in [0.29, 0.717) is 11.1 Å². The number of rotatable bonds is 2. The van der Waals surface area contributed by atoms with Gasteiger partial charge in [0.15, 0.2) is 0 Å². The Hall–Kier alpha value is -3.43. The normalized spacial score (nSPS) is 9.73. The van der Waals surface area contributed by atoms with E-state index in [4.69, 9.17) is 0 Å². The zero-order valence-corrected chi connectivity index (χ0v) is 11.7. The molecule has 22 heavy (non-hydrogen) atoms. The monoisotopic (exact) mass is 281 g/mol. The Labute approximate surface area is 128 Å². The molecule has 0 atom stereocenters. The summed E-state index contributed by atoms with van der Waals surface area (Å²) < 4.78 is 0. The van der Waals surface area contributed by atoms with Crippen LogP contribution in [0.15, 0.2) is 66.7 Å². The first kappa shape index (κ1) is 13.5. The molecule has 0 N–H and O–H groups in total. The first-order valence-electron chi connectivity index (χ1n) is 6.79. The Morgan fingerprint density at radius 1 is 0.591 bits per heavy atom. The van der Waals surface area contributed by atoms with Crippen molar-refractivity contribution in [1.29, 1.82) is 10.5 Å². The summed E-state index contributed by atoms with van der Waals surface area (Å²) in [6, 6.07) is 24.7. The van der Waals surface area contributed by atoms with Crippen molar-refractivity contribution in [2.75, 3.05) is 0 Å². The van der Waals surface area contributed by atoms with Crippen molar-refractivity contribution in [2.24, 2.45) is 0 Å². The molecule has 102 valence electrons. The lowest BCUT2D eigenvalue weighted by atomic mass is 10.0. The molecule has 0 aliphatic carbocycles. The zero-order chi connectivity index (χ0) is 15.4. The van der Waals surface area contributed by atoms with Crippen molar-refractivity contribution in [2.45, 2.75) is 0 Å². The third-order valence-electron chi connectivity index (χ3n) is 3.40. The Balaban J connectivity index is 2.16. The minimum atomic E-state index is 0.584. The highest BCUT2D eigenvalue weighted by Gasteiger charge is 2.09. The third kappa shape index (κ3) is 2.44. The van der Waals surface area contributed by atoms with Crippen LogP contribution in [0.4, 0.5) is 0 Å². The first-order valence-corrected chi connectivity index (χ1v) is 6.79. The maximum atomic E-state index is 9.23. The number of hydrogen-bond donors (Lipinski definition) is 0. The van der Waals surface area contributed by atoms with Gasteiger partial charge < -0.3 is 0 Å². The molecule has 3 heteroatoms. The van der Waals surface area contributed by atoms with Gasteiger partial charge in [0.05, 0.1) is 34.7 Å². The van der Waals surface area contributed by atoms with Gasteiger partial charge in [-0.2, -0.15) is 10.5 Å². The molecule has 0 fully saturated rings. The fourth-order valence-corrected chi connectivity index (χ4v) is 2.34. The minimum Gasteiger partial charge on any atom is -0.248 e. The second-order valence-corrected chi connectivity index (χ2v) is 4.72. The Bertz CT molecular complexity index is 841. The van der Waals surface area contributed by atoms with Crippen LogP contribution in [0.25, 0.3) is 22.5 Å². The van der Waals surface area contributed by atoms with Crippen LogP contribution in [-0.2, 0) is 0 Å². The Morgan fingerprint density at radius 2 is 1.05 bits per heavy atom. The molecule has 0 aliphatic rings. The lowest BCUT2D eigenvalue weighted by Gasteiger charge is -2.07. The largest absolute Gasteiger partial charge is 0.248 e. The van der Waals surface area contributed by atoms with Gasteiger partial charge in [0, 0.05) is 11.1 Å². The molecule has 3 nitrogen and oxygen atoms in total. The van der Waals surface area contributed by atoms with Gasteiger partial charge in [-0.3, -0.25) is 0 Å². The van der Waals surface area contributed by atoms with Crippen molar-refractivity contribution in [3.63, 3.8) is 0 Å². The van der Waals surface area contributed by atoms with E-state index in [1.807, 2.05) is 54.6 Å². The number of nitrogens with zero attached hydrogens (tertiary/aromatic N) is 3. The van der Waals surface area contributed by atoms with E-state index in [-0.39, 0.29) is 0 Å². The number of nitriles is 2. The highest BCUT2D eigenvalue weighted by atomic mass is 14.7. The van der Waals surface area contributed by atoms with Gasteiger partial charge in [0.25, 0.3) is 0 Å². The molecule has 1 heterocycles. The van der Waals surface area contributed by atoms with Crippen LogP contribution in [0.3, 0.4) is 0 Å². The molecule has 1 aromatic heterocycles. The predicted molar refractivity (Wildman–Crippen MR) is 84.5 cm³/mol. The second-order valence-electron chi connectivity index (χ2n) is 4.72. The molecular weight excluding hydrogens is 270 g/mol. The van der Waals surface area contributed by atoms with Crippen LogP contribution in [0.1, 0.15) is 11.1 Å². The summed E-state index contributed by atoms with van der Waals surface area (Å²) in [5, 5.41) is 18.5. The summed E-state index contributed by atoms with van der Waals surface area (Å²) >= 11 is 0. The number of hydrogen-bond acceptors (Lipinski definition) is 3. The van der Waals surface area contributed by atoms with Crippen LogP contribution < -0.4 is 0 Å². The number of aromatic nitrogens is 1. The molecule has 0 aliphatic heterocycles. The molecule has 3 aromatic rings. The van der Waals surface area contributed by atoms with Crippen molar-refractivity contribution < 1.29 is 0 Å². The molecule has 0 unspecified atom stereocenters. The third-order valence-corrected chi connectivity index (χ3v) is 3.40. The van der Waals surface area contributed by atoms with E-state index in [2.05, 4.69) is 17.1 Å². The van der Waals surface area contributed by atoms with Crippen molar-refractivity contribution in [1.82, 2.24) is 4.98 Å². The highest BCUT2D eigenvalue weighted by molar-refractivity contribution is 5.72. The first-order chi connectivity index (χ1) is 10.8. The summed E-state index contributed by atoms with van der Waals surface area (Å²) in [4.78, 5) is 4.63. The summed E-state index contributed by atoms with van der Waals surface area (Å²) in [5.74, 6) is 0. The summed E-state index contributed by atoms with van der Waals surface area (Å²) in [5.41, 5.74) is 4.20. The van der Waals surface area contributed by atoms with Crippen molar-refractivity contribution in [3.05, 3.63) is 77.9 Å². The lowest BCUT2D eigenvalue weighted by molar-refractivity contribution is 1.31. The van der Waals surface area contributed by atoms with Crippen LogP contribution in [0.5, 0.6) is 0 Å². The van der Waals surface area contributed by atoms with Crippen molar-refractivity contribution in [3.8, 4) is 34.7 Å². The van der Waals surface area contributed by atoms with Gasteiger partial charge in [-0.05, 0) is 24.3 Å². The van der Waals surface area contributed by atoms with Crippen LogP contribution in [-0.4, -0.2) is 4.98 Å². The summed E-state index contributed by atoms with van der Waals surface area (Å²) in [6.07, 6.45) is 0. The highest BCUT2D eigenvalue weighted by Crippen LogP contribution is 2.26. The van der Waals surface area contributed by atoms with Gasteiger partial charge >= 0.3 is 0 Å². The summed E-state index contributed by atoms with van der Waals surface area (Å²) in [6.45, 7) is 0. The fourth-order valence-electron chi connectivity index (χ4n) is 2.34. The van der Waals surface area contributed by atoms with Gasteiger partial charge in [-0.15, -0.1) is 0 Å².